The molecule has 0 saturated heterocycles. The van der Waals surface area contributed by atoms with Crippen LogP contribution in [-0.2, 0) is 49.4 Å². The van der Waals surface area contributed by atoms with Gasteiger partial charge in [0.25, 0.3) is 0 Å². The van der Waals surface area contributed by atoms with Crippen LogP contribution >= 0.6 is 0 Å². The summed E-state index contributed by atoms with van der Waals surface area (Å²) in [5, 5.41) is 0. The molecule has 1 aliphatic rings. The van der Waals surface area contributed by atoms with Crippen molar-refractivity contribution in [2.24, 2.45) is 11.5 Å². The predicted molar refractivity (Wildman–Crippen MR) is 193 cm³/mol. The molecule has 0 radical (unpaired) electrons. The molecule has 5 amide bonds. The lowest BCUT2D eigenvalue weighted by atomic mass is 10.1. The highest BCUT2D eigenvalue weighted by Gasteiger charge is 2.34. The molecule has 56 heavy (non-hydrogen) atoms. The molecule has 0 heterocycles. The quantitative estimate of drug-likeness (QED) is 0.198. The minimum atomic E-state index is -4.65. The van der Waals surface area contributed by atoms with E-state index in [-0.39, 0.29) is 36.8 Å². The van der Waals surface area contributed by atoms with E-state index in [1.807, 2.05) is 0 Å². The number of hydrogen-bond acceptors (Lipinski definition) is 6. The lowest BCUT2D eigenvalue weighted by Crippen LogP contribution is -2.52. The Balaban J connectivity index is 1.67. The molecule has 0 aliphatic heterocycles. The monoisotopic (exact) mass is 790 g/mol. The van der Waals surface area contributed by atoms with E-state index in [2.05, 4.69) is 0 Å². The fourth-order valence-electron chi connectivity index (χ4n) is 6.54. The molecule has 1 aliphatic carbocycles. The normalized spacial score (nSPS) is 13.9. The summed E-state index contributed by atoms with van der Waals surface area (Å²) in [6, 6.07) is 15.5. The molecule has 4 rings (SSSR count). The lowest BCUT2D eigenvalue weighted by Gasteiger charge is -2.35. The third kappa shape index (κ3) is 12.0. The Morgan fingerprint density at radius 1 is 0.643 bits per heavy atom. The van der Waals surface area contributed by atoms with Crippen LogP contribution in [-0.4, -0.2) is 87.9 Å². The number of carbonyl (C=O) groups excluding carboxylic acids is 5. The van der Waals surface area contributed by atoms with Gasteiger partial charge in [-0.15, -0.1) is 0 Å². The van der Waals surface area contributed by atoms with E-state index in [0.29, 0.717) is 18.4 Å². The number of rotatable bonds is 16. The van der Waals surface area contributed by atoms with Crippen molar-refractivity contribution in [2.75, 3.05) is 32.7 Å². The Bertz CT molecular complexity index is 1820. The summed E-state index contributed by atoms with van der Waals surface area (Å²) in [5.41, 5.74) is 10.2. The van der Waals surface area contributed by atoms with Crippen LogP contribution in [0.4, 0.5) is 26.3 Å². The Kier molecular flexibility index (Phi) is 14.6. The number of primary amides is 1. The first kappa shape index (κ1) is 43.3. The Hall–Kier alpha value is -5.45. The van der Waals surface area contributed by atoms with Crippen molar-refractivity contribution in [3.63, 3.8) is 0 Å². The van der Waals surface area contributed by atoms with Crippen molar-refractivity contribution < 1.29 is 50.3 Å². The maximum Gasteiger partial charge on any atom is 0.416 e. The standard InChI is InChI=1S/C39H44F6N6O5/c1-26(29-7-3-2-4-8-29)50(37(56)25-51(34(53)19-46)32-9-5-6-10-32)24-36(55)49(21-28-13-17-31(18-14-28)39(43,44)45)23-35(54)48(22-33(47)52)20-27-11-15-30(16-12-27)38(40,41)42/h2-4,7-8,11-18,26,32H,5-6,9-10,19-25,46H2,1H3,(H2,47,52). The van der Waals surface area contributed by atoms with Crippen LogP contribution in [0.25, 0.3) is 0 Å². The second kappa shape index (κ2) is 18.9. The Morgan fingerprint density at radius 2 is 1.11 bits per heavy atom. The van der Waals surface area contributed by atoms with Crippen molar-refractivity contribution in [3.05, 3.63) is 107 Å². The molecule has 1 atom stereocenters. The fourth-order valence-corrected chi connectivity index (χ4v) is 6.54. The number of hydrogen-bond donors (Lipinski definition) is 2. The van der Waals surface area contributed by atoms with Crippen LogP contribution in [0, 0.1) is 0 Å². The van der Waals surface area contributed by atoms with E-state index in [1.165, 1.54) is 9.80 Å². The van der Waals surface area contributed by atoms with Crippen LogP contribution in [0.2, 0.25) is 0 Å². The zero-order valence-corrected chi connectivity index (χ0v) is 30.7. The van der Waals surface area contributed by atoms with E-state index in [4.69, 9.17) is 11.5 Å². The van der Waals surface area contributed by atoms with Gasteiger partial charge in [-0.05, 0) is 60.7 Å². The zero-order valence-electron chi connectivity index (χ0n) is 30.7. The van der Waals surface area contributed by atoms with Gasteiger partial charge in [-0.2, -0.15) is 26.3 Å². The van der Waals surface area contributed by atoms with Gasteiger partial charge < -0.3 is 31.1 Å². The zero-order chi connectivity index (χ0) is 41.2. The number of amides is 5. The minimum Gasteiger partial charge on any atom is -0.368 e. The molecular weight excluding hydrogens is 746 g/mol. The molecule has 1 saturated carbocycles. The number of benzene rings is 3. The Labute approximate surface area is 320 Å². The first-order valence-corrected chi connectivity index (χ1v) is 17.9. The summed E-state index contributed by atoms with van der Waals surface area (Å²) in [6.45, 7) is -1.89. The number of nitrogens with zero attached hydrogens (tertiary/aromatic N) is 4. The van der Waals surface area contributed by atoms with E-state index in [1.54, 1.807) is 37.3 Å². The predicted octanol–water partition coefficient (Wildman–Crippen LogP) is 4.89. The molecule has 17 heteroatoms. The van der Waals surface area contributed by atoms with Gasteiger partial charge in [-0.25, -0.2) is 0 Å². The molecule has 302 valence electrons. The average molecular weight is 791 g/mol. The molecule has 0 aromatic heterocycles. The molecule has 0 bridgehead atoms. The van der Waals surface area contributed by atoms with Gasteiger partial charge in [0, 0.05) is 19.1 Å². The first-order chi connectivity index (χ1) is 26.4. The van der Waals surface area contributed by atoms with Crippen LogP contribution in [0.15, 0.2) is 78.9 Å². The van der Waals surface area contributed by atoms with Gasteiger partial charge in [0.1, 0.15) is 19.6 Å². The highest BCUT2D eigenvalue weighted by molar-refractivity contribution is 5.91. The van der Waals surface area contributed by atoms with E-state index < -0.39 is 85.2 Å². The topological polar surface area (TPSA) is 150 Å². The molecule has 11 nitrogen and oxygen atoms in total. The largest absolute Gasteiger partial charge is 0.416 e. The minimum absolute atomic E-state index is 0.193. The van der Waals surface area contributed by atoms with Gasteiger partial charge in [-0.3, -0.25) is 24.0 Å². The molecule has 1 unspecified atom stereocenters. The molecule has 4 N–H and O–H groups in total. The van der Waals surface area contributed by atoms with Gasteiger partial charge in [0.15, 0.2) is 0 Å². The van der Waals surface area contributed by atoms with Crippen molar-refractivity contribution in [2.45, 2.75) is 70.1 Å². The van der Waals surface area contributed by atoms with Gasteiger partial charge in [0.05, 0.1) is 30.3 Å². The summed E-state index contributed by atoms with van der Waals surface area (Å²) in [4.78, 5) is 71.8. The average Bonchev–Trinajstić information content (AvgIpc) is 3.69. The highest BCUT2D eigenvalue weighted by atomic mass is 19.4. The second-order valence-electron chi connectivity index (χ2n) is 13.6. The maximum atomic E-state index is 14.3. The van der Waals surface area contributed by atoms with E-state index >= 15 is 0 Å². The maximum absolute atomic E-state index is 14.3. The molecule has 3 aromatic rings. The summed E-state index contributed by atoms with van der Waals surface area (Å²) < 4.78 is 79.6. The van der Waals surface area contributed by atoms with Crippen molar-refractivity contribution in [1.29, 1.82) is 0 Å². The third-order valence-electron chi connectivity index (χ3n) is 9.63. The van der Waals surface area contributed by atoms with Crippen molar-refractivity contribution >= 4 is 29.5 Å². The summed E-state index contributed by atoms with van der Waals surface area (Å²) in [5.74, 6) is -3.67. The van der Waals surface area contributed by atoms with Crippen molar-refractivity contribution in [1.82, 2.24) is 19.6 Å². The molecular formula is C39H44F6N6O5. The van der Waals surface area contributed by atoms with Crippen LogP contribution < -0.4 is 11.5 Å². The summed E-state index contributed by atoms with van der Waals surface area (Å²) in [7, 11) is 0. The highest BCUT2D eigenvalue weighted by Crippen LogP contribution is 2.31. The third-order valence-corrected chi connectivity index (χ3v) is 9.63. The first-order valence-electron chi connectivity index (χ1n) is 17.9. The van der Waals surface area contributed by atoms with Gasteiger partial charge >= 0.3 is 12.4 Å². The summed E-state index contributed by atoms with van der Waals surface area (Å²) in [6.07, 6.45) is -6.22. The van der Waals surface area contributed by atoms with Gasteiger partial charge in [-0.1, -0.05) is 67.4 Å². The second-order valence-corrected chi connectivity index (χ2v) is 13.6. The lowest BCUT2D eigenvalue weighted by molar-refractivity contribution is -0.148. The van der Waals surface area contributed by atoms with Crippen LogP contribution in [0.1, 0.15) is 66.5 Å². The molecule has 0 spiro atoms. The fraction of sp³-hybridized carbons (Fsp3) is 0.410. The number of carbonyl (C=O) groups is 5. The number of halogens is 6. The van der Waals surface area contributed by atoms with E-state index in [0.717, 1.165) is 71.2 Å². The van der Waals surface area contributed by atoms with Gasteiger partial charge in [0.2, 0.25) is 29.5 Å². The Morgan fingerprint density at radius 3 is 1.55 bits per heavy atom. The SMILES string of the molecule is CC(c1ccccc1)N(CC(=O)N(CC(=O)N(CC(N)=O)Cc1ccc(C(F)(F)F)cc1)Cc1ccc(C(F)(F)F)cc1)C(=O)CN(C(=O)CN)C1CCCC1. The van der Waals surface area contributed by atoms with E-state index in [9.17, 15) is 50.3 Å². The smallest absolute Gasteiger partial charge is 0.368 e. The summed E-state index contributed by atoms with van der Waals surface area (Å²) >= 11 is 0. The number of nitrogens with two attached hydrogens (primary N) is 2. The van der Waals surface area contributed by atoms with Crippen molar-refractivity contribution in [3.8, 4) is 0 Å². The van der Waals surface area contributed by atoms with Crippen LogP contribution in [0.5, 0.6) is 0 Å². The van der Waals surface area contributed by atoms with Crippen LogP contribution in [0.3, 0.4) is 0 Å². The number of alkyl halides is 6. The molecule has 3 aromatic carbocycles. The molecule has 1 fully saturated rings.